The minimum absolute atomic E-state index is 0.124. The van der Waals surface area contributed by atoms with Gasteiger partial charge in [0.1, 0.15) is 18.1 Å². The van der Waals surface area contributed by atoms with Crippen molar-refractivity contribution < 1.29 is 54.0 Å². The lowest BCUT2D eigenvalue weighted by Gasteiger charge is -2.24. The maximum absolute atomic E-state index is 12.8. The summed E-state index contributed by atoms with van der Waals surface area (Å²) in [5.74, 6) is -9.10. The number of hydrogen-bond donors (Lipinski definition) is 8. The first kappa shape index (κ1) is 30.5. The van der Waals surface area contributed by atoms with Gasteiger partial charge in [-0.2, -0.15) is 0 Å². The van der Waals surface area contributed by atoms with Gasteiger partial charge >= 0.3 is 23.9 Å². The fourth-order valence-electron chi connectivity index (χ4n) is 3.07. The number of carboxylic acid groups (broad SMARTS) is 4. The van der Waals surface area contributed by atoms with Crippen molar-refractivity contribution in [3.8, 4) is 0 Å². The summed E-state index contributed by atoms with van der Waals surface area (Å²) in [7, 11) is 0. The highest BCUT2D eigenvalue weighted by atomic mass is 16.4. The summed E-state index contributed by atoms with van der Waals surface area (Å²) in [5, 5.41) is 42.7. The van der Waals surface area contributed by atoms with Crippen LogP contribution < -0.4 is 21.7 Å². The molecule has 0 saturated carbocycles. The van der Waals surface area contributed by atoms with Gasteiger partial charge in [-0.05, 0) is 12.0 Å². The van der Waals surface area contributed by atoms with Crippen LogP contribution in [-0.2, 0) is 40.0 Å². The van der Waals surface area contributed by atoms with Gasteiger partial charge in [0.05, 0.1) is 18.9 Å². The number of carbonyl (C=O) groups excluding carboxylic acids is 3. The molecule has 37 heavy (non-hydrogen) atoms. The first-order valence-electron chi connectivity index (χ1n) is 10.9. The number of nitrogens with two attached hydrogens (primary N) is 1. The average Bonchev–Trinajstić information content (AvgIpc) is 2.80. The average molecular weight is 524 g/mol. The second-order valence-corrected chi connectivity index (χ2v) is 7.95. The fraction of sp³-hybridized carbons (Fsp3) is 0.409. The van der Waals surface area contributed by atoms with Gasteiger partial charge in [0, 0.05) is 12.8 Å². The predicted octanol–water partition coefficient (Wildman–Crippen LogP) is -2.09. The standard InChI is InChI=1S/C22H28N4O11/c23-12(9-17(29)30)19(33)25-14(10-18(31)32)21(35)24-13(6-7-16(27)28)20(34)26-15(22(36)37)8-11-4-2-1-3-5-11/h1-5,12-15H,6-10,23H2,(H,24,35)(H,25,33)(H,26,34)(H,27,28)(H,29,30)(H,31,32)(H,36,37). The fourth-order valence-corrected chi connectivity index (χ4v) is 3.07. The van der Waals surface area contributed by atoms with E-state index in [4.69, 9.17) is 21.1 Å². The Morgan fingerprint density at radius 3 is 1.70 bits per heavy atom. The van der Waals surface area contributed by atoms with Crippen LogP contribution in [0.15, 0.2) is 30.3 Å². The predicted molar refractivity (Wildman–Crippen MR) is 123 cm³/mol. The maximum atomic E-state index is 12.8. The van der Waals surface area contributed by atoms with Crippen molar-refractivity contribution in [3.63, 3.8) is 0 Å². The van der Waals surface area contributed by atoms with Crippen molar-refractivity contribution >= 4 is 41.6 Å². The highest BCUT2D eigenvalue weighted by Gasteiger charge is 2.32. The number of nitrogens with one attached hydrogen (secondary N) is 3. The van der Waals surface area contributed by atoms with Crippen molar-refractivity contribution in [1.82, 2.24) is 16.0 Å². The summed E-state index contributed by atoms with van der Waals surface area (Å²) in [4.78, 5) is 82.3. The summed E-state index contributed by atoms with van der Waals surface area (Å²) >= 11 is 0. The van der Waals surface area contributed by atoms with E-state index in [1.165, 1.54) is 0 Å². The topological polar surface area (TPSA) is 263 Å². The molecular formula is C22H28N4O11. The third-order valence-electron chi connectivity index (χ3n) is 4.92. The van der Waals surface area contributed by atoms with Crippen molar-refractivity contribution in [3.05, 3.63) is 35.9 Å². The molecular weight excluding hydrogens is 496 g/mol. The van der Waals surface area contributed by atoms with Gasteiger partial charge in [0.2, 0.25) is 17.7 Å². The van der Waals surface area contributed by atoms with E-state index in [9.17, 15) is 38.7 Å². The molecule has 0 aliphatic carbocycles. The van der Waals surface area contributed by atoms with E-state index >= 15 is 0 Å². The number of benzene rings is 1. The van der Waals surface area contributed by atoms with E-state index in [2.05, 4.69) is 10.6 Å². The molecule has 0 spiro atoms. The quantitative estimate of drug-likeness (QED) is 0.116. The Morgan fingerprint density at radius 1 is 0.676 bits per heavy atom. The Kier molecular flexibility index (Phi) is 12.2. The minimum Gasteiger partial charge on any atom is -0.481 e. The molecule has 0 bridgehead atoms. The molecule has 4 unspecified atom stereocenters. The van der Waals surface area contributed by atoms with Gasteiger partial charge in [-0.1, -0.05) is 30.3 Å². The molecule has 9 N–H and O–H groups in total. The summed E-state index contributed by atoms with van der Waals surface area (Å²) in [6.45, 7) is 0. The smallest absolute Gasteiger partial charge is 0.326 e. The highest BCUT2D eigenvalue weighted by Crippen LogP contribution is 2.07. The zero-order chi connectivity index (χ0) is 28.1. The summed E-state index contributed by atoms with van der Waals surface area (Å²) in [5.41, 5.74) is 5.99. The summed E-state index contributed by atoms with van der Waals surface area (Å²) in [6, 6.07) is 1.81. The van der Waals surface area contributed by atoms with Crippen LogP contribution in [0.3, 0.4) is 0 Å². The van der Waals surface area contributed by atoms with Crippen LogP contribution in [0.4, 0.5) is 0 Å². The Balaban J connectivity index is 3.05. The second-order valence-electron chi connectivity index (χ2n) is 7.95. The van der Waals surface area contributed by atoms with Crippen molar-refractivity contribution in [2.45, 2.75) is 56.3 Å². The normalized spacial score (nSPS) is 13.8. The molecule has 15 heteroatoms. The zero-order valence-electron chi connectivity index (χ0n) is 19.5. The molecule has 0 fully saturated rings. The Bertz CT molecular complexity index is 1020. The lowest BCUT2D eigenvalue weighted by atomic mass is 10.0. The van der Waals surface area contributed by atoms with Gasteiger partial charge in [-0.25, -0.2) is 4.79 Å². The molecule has 1 rings (SSSR count). The van der Waals surface area contributed by atoms with E-state index in [-0.39, 0.29) is 6.42 Å². The van der Waals surface area contributed by atoms with Crippen LogP contribution in [0.2, 0.25) is 0 Å². The monoisotopic (exact) mass is 524 g/mol. The lowest BCUT2D eigenvalue weighted by molar-refractivity contribution is -0.144. The highest BCUT2D eigenvalue weighted by molar-refractivity contribution is 5.96. The van der Waals surface area contributed by atoms with Crippen LogP contribution in [0.5, 0.6) is 0 Å². The van der Waals surface area contributed by atoms with E-state index in [1.807, 2.05) is 5.32 Å². The van der Waals surface area contributed by atoms with Crippen LogP contribution in [0, 0.1) is 0 Å². The molecule has 1 aromatic rings. The lowest BCUT2D eigenvalue weighted by Crippen LogP contribution is -2.57. The van der Waals surface area contributed by atoms with Crippen molar-refractivity contribution in [2.24, 2.45) is 5.73 Å². The van der Waals surface area contributed by atoms with Gasteiger partial charge < -0.3 is 42.1 Å². The number of amides is 3. The molecule has 15 nitrogen and oxygen atoms in total. The van der Waals surface area contributed by atoms with E-state index in [0.29, 0.717) is 5.56 Å². The number of carboxylic acids is 4. The van der Waals surface area contributed by atoms with E-state index < -0.39 is 91.4 Å². The third-order valence-corrected chi connectivity index (χ3v) is 4.92. The Morgan fingerprint density at radius 2 is 1.19 bits per heavy atom. The van der Waals surface area contributed by atoms with Gasteiger partial charge in [0.15, 0.2) is 0 Å². The summed E-state index contributed by atoms with van der Waals surface area (Å²) < 4.78 is 0. The molecule has 3 amide bonds. The van der Waals surface area contributed by atoms with Crippen LogP contribution in [-0.4, -0.2) is 86.2 Å². The molecule has 0 aromatic heterocycles. The summed E-state index contributed by atoms with van der Waals surface area (Å²) in [6.07, 6.45) is -3.02. The molecule has 0 radical (unpaired) electrons. The zero-order valence-corrected chi connectivity index (χ0v) is 19.5. The van der Waals surface area contributed by atoms with Gasteiger partial charge in [0.25, 0.3) is 0 Å². The van der Waals surface area contributed by atoms with Crippen LogP contribution in [0.25, 0.3) is 0 Å². The first-order valence-corrected chi connectivity index (χ1v) is 10.9. The van der Waals surface area contributed by atoms with E-state index in [0.717, 1.165) is 0 Å². The SMILES string of the molecule is NC(CC(=O)O)C(=O)NC(CC(=O)O)C(=O)NC(CCC(=O)O)C(=O)NC(Cc1ccccc1)C(=O)O. The molecule has 1 aromatic carbocycles. The van der Waals surface area contributed by atoms with Crippen LogP contribution >= 0.6 is 0 Å². The second kappa shape index (κ2) is 14.8. The first-order chi connectivity index (χ1) is 17.3. The van der Waals surface area contributed by atoms with Gasteiger partial charge in [-0.15, -0.1) is 0 Å². The van der Waals surface area contributed by atoms with Crippen LogP contribution in [0.1, 0.15) is 31.2 Å². The molecule has 4 atom stereocenters. The maximum Gasteiger partial charge on any atom is 0.326 e. The Hall–Kier alpha value is -4.53. The molecule has 0 heterocycles. The van der Waals surface area contributed by atoms with Crippen molar-refractivity contribution in [1.29, 1.82) is 0 Å². The molecule has 0 aliphatic heterocycles. The Labute approximate surface area is 210 Å². The largest absolute Gasteiger partial charge is 0.481 e. The molecule has 0 saturated heterocycles. The van der Waals surface area contributed by atoms with Crippen molar-refractivity contribution in [2.75, 3.05) is 0 Å². The minimum atomic E-state index is -1.80. The number of rotatable bonds is 16. The molecule has 0 aliphatic rings. The van der Waals surface area contributed by atoms with E-state index in [1.54, 1.807) is 30.3 Å². The van der Waals surface area contributed by atoms with Gasteiger partial charge in [-0.3, -0.25) is 28.8 Å². The molecule has 202 valence electrons. The number of aliphatic carboxylic acids is 4. The number of carbonyl (C=O) groups is 7. The third kappa shape index (κ3) is 11.6. The number of hydrogen-bond acceptors (Lipinski definition) is 8.